The standard InChI is InChI=1S/C67H99N9O9/c1-21-53(78)74-63(11,12)39-50(40-64(74,13)14)71(29-32-84-47(8)38-49-36-45(6)58(83)46(7)37-49)59-68-60(70-61(69-59)73(28-31-77)52-26-27-62(9,10)76(55(80)23-3)67(52,19)20)72(51-41-65(15,16)75(54(79)22-2)66(17,18)42-51)30-33-85-56(81)25-24-48-34-43(4)57(82)44(5)35-48/h21-23,34-37,50-52,77,82-83H,1-3,8,24-33,38-42H2,4-7,9-20H3. The number of rotatable bonds is 23. The van der Waals surface area contributed by atoms with Crippen molar-refractivity contribution in [3.05, 3.63) is 108 Å². The fourth-order valence-electron chi connectivity index (χ4n) is 15.0. The molecule has 1 unspecified atom stereocenters. The molecule has 2 aromatic carbocycles. The number of piperidine rings is 3. The summed E-state index contributed by atoms with van der Waals surface area (Å²) in [5, 5.41) is 32.1. The number of anilines is 3. The lowest BCUT2D eigenvalue weighted by Crippen LogP contribution is -2.70. The van der Waals surface area contributed by atoms with E-state index in [9.17, 15) is 34.5 Å². The van der Waals surface area contributed by atoms with Gasteiger partial charge in [0.05, 0.1) is 37.0 Å². The van der Waals surface area contributed by atoms with Crippen LogP contribution in [0, 0.1) is 27.7 Å². The Morgan fingerprint density at radius 2 is 0.953 bits per heavy atom. The summed E-state index contributed by atoms with van der Waals surface area (Å²) < 4.78 is 12.6. The van der Waals surface area contributed by atoms with Gasteiger partial charge in [0.2, 0.25) is 35.6 Å². The molecule has 18 nitrogen and oxygen atoms in total. The molecule has 0 radical (unpaired) electrons. The Hall–Kier alpha value is -6.95. The number of aliphatic hydroxyl groups is 1. The van der Waals surface area contributed by atoms with E-state index < -0.39 is 45.2 Å². The summed E-state index contributed by atoms with van der Waals surface area (Å²) in [7, 11) is 0. The smallest absolute Gasteiger partial charge is 0.306 e. The zero-order valence-electron chi connectivity index (χ0n) is 54.0. The van der Waals surface area contributed by atoms with E-state index >= 15 is 0 Å². The van der Waals surface area contributed by atoms with Crippen LogP contribution in [0.4, 0.5) is 17.8 Å². The first-order valence-electron chi connectivity index (χ1n) is 30.1. The van der Waals surface area contributed by atoms with Gasteiger partial charge in [0, 0.05) is 59.2 Å². The van der Waals surface area contributed by atoms with Crippen LogP contribution in [0.25, 0.3) is 0 Å². The molecule has 3 fully saturated rings. The Morgan fingerprint density at radius 3 is 1.35 bits per heavy atom. The lowest BCUT2D eigenvalue weighted by molar-refractivity contribution is -0.145. The molecule has 1 aromatic heterocycles. The minimum absolute atomic E-state index is 0.0445. The summed E-state index contributed by atoms with van der Waals surface area (Å²) in [5.41, 5.74) is 0.575. The fourth-order valence-corrected chi connectivity index (χ4v) is 15.0. The summed E-state index contributed by atoms with van der Waals surface area (Å²) in [5.74, 6) is 0.811. The summed E-state index contributed by atoms with van der Waals surface area (Å²) in [6.07, 6.45) is 8.09. The van der Waals surface area contributed by atoms with Crippen molar-refractivity contribution in [3.63, 3.8) is 0 Å². The Kier molecular flexibility index (Phi) is 20.5. The second-order valence-corrected chi connectivity index (χ2v) is 27.5. The monoisotopic (exact) mass is 1170 g/mol. The molecule has 1 atom stereocenters. The number of esters is 1. The van der Waals surface area contributed by atoms with Gasteiger partial charge in [0.1, 0.15) is 24.7 Å². The Morgan fingerprint density at radius 1 is 0.576 bits per heavy atom. The number of likely N-dealkylation sites (tertiary alicyclic amines) is 3. The number of aliphatic hydroxyl groups excluding tert-OH is 1. The minimum atomic E-state index is -0.861. The van der Waals surface area contributed by atoms with Gasteiger partial charge in [-0.2, -0.15) is 15.0 Å². The second kappa shape index (κ2) is 25.9. The molecule has 466 valence electrons. The van der Waals surface area contributed by atoms with E-state index in [0.717, 1.165) is 33.4 Å². The molecule has 85 heavy (non-hydrogen) atoms. The van der Waals surface area contributed by atoms with E-state index in [1.165, 1.54) is 18.2 Å². The fraction of sp³-hybridized carbons (Fsp3) is 0.597. The molecular formula is C67H99N9O9. The molecule has 0 saturated carbocycles. The Balaban J connectivity index is 1.56. The second-order valence-electron chi connectivity index (χ2n) is 27.5. The van der Waals surface area contributed by atoms with Crippen molar-refractivity contribution in [2.75, 3.05) is 54.2 Å². The number of aryl methyl sites for hydroxylation is 5. The molecule has 3 saturated heterocycles. The Labute approximate surface area is 506 Å². The SMILES string of the molecule is C=CC(=O)N1C(C)(C)CC(N(CCOC(=C)Cc2cc(C)c(O)c(C)c2)c2nc(N(CCOC(=O)CCc3cc(C)c(O)c(C)c3)C3CC(C)(C)N(C(=O)C=C)C(C)(C)C3)nc(N(CCO)C3CCC(C)(C)N(C(=O)C=C)C3(C)C)n2)CC1(C)C. The highest BCUT2D eigenvalue weighted by molar-refractivity contribution is 5.89. The van der Waals surface area contributed by atoms with E-state index in [2.05, 4.69) is 77.7 Å². The van der Waals surface area contributed by atoms with Crippen molar-refractivity contribution in [2.24, 2.45) is 0 Å². The highest BCUT2D eigenvalue weighted by Gasteiger charge is 2.53. The van der Waals surface area contributed by atoms with Crippen LogP contribution < -0.4 is 14.7 Å². The zero-order chi connectivity index (χ0) is 63.5. The number of hydrogen-bond donors (Lipinski definition) is 3. The normalized spacial score (nSPS) is 19.5. The quantitative estimate of drug-likeness (QED) is 0.0459. The zero-order valence-corrected chi connectivity index (χ0v) is 54.0. The number of amides is 3. The molecular weight excluding hydrogens is 1070 g/mol. The number of benzene rings is 2. The van der Waals surface area contributed by atoms with Crippen molar-refractivity contribution in [1.82, 2.24) is 29.7 Å². The molecule has 4 heterocycles. The Bertz CT molecular complexity index is 2940. The first-order chi connectivity index (χ1) is 39.5. The topological polar surface area (TPSA) is 206 Å². The number of aromatic nitrogens is 3. The molecule has 0 spiro atoms. The van der Waals surface area contributed by atoms with Crippen LogP contribution >= 0.6 is 0 Å². The molecule has 18 heteroatoms. The molecule has 3 amide bonds. The third kappa shape index (κ3) is 14.8. The van der Waals surface area contributed by atoms with E-state index in [-0.39, 0.29) is 99.1 Å². The van der Waals surface area contributed by atoms with E-state index in [4.69, 9.17) is 24.4 Å². The maximum Gasteiger partial charge on any atom is 0.306 e. The summed E-state index contributed by atoms with van der Waals surface area (Å²) in [6.45, 7) is 48.2. The number of ether oxygens (including phenoxy) is 2. The van der Waals surface area contributed by atoms with Gasteiger partial charge in [0.25, 0.3) is 0 Å². The van der Waals surface area contributed by atoms with Gasteiger partial charge in [-0.25, -0.2) is 0 Å². The largest absolute Gasteiger partial charge is 0.507 e. The lowest BCUT2D eigenvalue weighted by Gasteiger charge is -2.58. The number of phenols is 2. The molecule has 0 bridgehead atoms. The summed E-state index contributed by atoms with van der Waals surface area (Å²) >= 11 is 0. The van der Waals surface area contributed by atoms with Gasteiger partial charge < -0.3 is 54.2 Å². The number of carbonyl (C=O) groups excluding carboxylic acids is 4. The molecule has 6 rings (SSSR count). The van der Waals surface area contributed by atoms with E-state index in [1.807, 2.05) is 113 Å². The summed E-state index contributed by atoms with van der Waals surface area (Å²) in [6, 6.07) is 6.52. The van der Waals surface area contributed by atoms with Gasteiger partial charge in [-0.05, 0) is 207 Å². The van der Waals surface area contributed by atoms with Crippen molar-refractivity contribution >= 4 is 41.5 Å². The van der Waals surface area contributed by atoms with Gasteiger partial charge in [-0.3, -0.25) is 19.2 Å². The van der Waals surface area contributed by atoms with Crippen LogP contribution in [-0.4, -0.2) is 159 Å². The average Bonchev–Trinajstić information content (AvgIpc) is 1.56. The number of phenolic OH excluding ortho intramolecular Hbond substituents is 2. The number of nitrogens with zero attached hydrogens (tertiary/aromatic N) is 9. The predicted octanol–water partition coefficient (Wildman–Crippen LogP) is 10.1. The highest BCUT2D eigenvalue weighted by Crippen LogP contribution is 2.46. The number of allylic oxidation sites excluding steroid dienone is 1. The third-order valence-electron chi connectivity index (χ3n) is 17.9. The van der Waals surface area contributed by atoms with Gasteiger partial charge >= 0.3 is 5.97 Å². The van der Waals surface area contributed by atoms with Crippen LogP contribution in [0.5, 0.6) is 11.5 Å². The average molecular weight is 1170 g/mol. The van der Waals surface area contributed by atoms with E-state index in [1.54, 1.807) is 0 Å². The maximum atomic E-state index is 14.0. The first kappa shape index (κ1) is 67.2. The third-order valence-corrected chi connectivity index (χ3v) is 17.9. The van der Waals surface area contributed by atoms with Crippen LogP contribution in [0.2, 0.25) is 0 Å². The maximum absolute atomic E-state index is 14.0. The number of hydrogen-bond acceptors (Lipinski definition) is 15. The summed E-state index contributed by atoms with van der Waals surface area (Å²) in [4.78, 5) is 83.7. The van der Waals surface area contributed by atoms with Crippen molar-refractivity contribution in [2.45, 2.75) is 220 Å². The van der Waals surface area contributed by atoms with E-state index in [0.29, 0.717) is 63.1 Å². The lowest BCUT2D eigenvalue weighted by atomic mass is 9.75. The predicted molar refractivity (Wildman–Crippen MR) is 337 cm³/mol. The minimum Gasteiger partial charge on any atom is -0.507 e. The highest BCUT2D eigenvalue weighted by atomic mass is 16.5. The molecule has 0 aliphatic carbocycles. The first-order valence-corrected chi connectivity index (χ1v) is 30.1. The van der Waals surface area contributed by atoms with Crippen LogP contribution in [0.15, 0.2) is 74.6 Å². The van der Waals surface area contributed by atoms with Crippen LogP contribution in [0.1, 0.15) is 161 Å². The van der Waals surface area contributed by atoms with Crippen molar-refractivity contribution in [1.29, 1.82) is 0 Å². The molecule has 3 aromatic rings. The van der Waals surface area contributed by atoms with Crippen LogP contribution in [0.3, 0.4) is 0 Å². The van der Waals surface area contributed by atoms with Gasteiger partial charge in [-0.15, -0.1) is 0 Å². The van der Waals surface area contributed by atoms with Crippen LogP contribution in [-0.2, 0) is 41.5 Å². The van der Waals surface area contributed by atoms with Crippen molar-refractivity contribution in [3.8, 4) is 11.5 Å². The number of carbonyl (C=O) groups is 4. The van der Waals surface area contributed by atoms with Crippen molar-refractivity contribution < 1.29 is 44.0 Å². The number of aromatic hydroxyl groups is 2. The van der Waals surface area contributed by atoms with Gasteiger partial charge in [0.15, 0.2) is 0 Å². The van der Waals surface area contributed by atoms with Gasteiger partial charge in [-0.1, -0.05) is 50.6 Å². The molecule has 3 aliphatic heterocycles. The molecule has 3 N–H and O–H groups in total. The molecule has 3 aliphatic rings.